The van der Waals surface area contributed by atoms with Gasteiger partial charge >= 0.3 is 0 Å². The Balaban J connectivity index is 1.71. The molecule has 6 nitrogen and oxygen atoms in total. The second-order valence-electron chi connectivity index (χ2n) is 8.97. The van der Waals surface area contributed by atoms with Crippen LogP contribution in [0.2, 0.25) is 0 Å². The molecule has 1 aliphatic heterocycles. The zero-order valence-corrected chi connectivity index (χ0v) is 19.9. The Hall–Kier alpha value is -1.73. The highest BCUT2D eigenvalue weighted by Gasteiger charge is 2.28. The number of hydrogen-bond acceptors (Lipinski definition) is 5. The third-order valence-corrected chi connectivity index (χ3v) is 6.20. The highest BCUT2D eigenvalue weighted by atomic mass is 32.2. The third-order valence-electron chi connectivity index (χ3n) is 5.20. The summed E-state index contributed by atoms with van der Waals surface area (Å²) in [6.07, 6.45) is 1.47. The number of amides is 2. The molecule has 7 heteroatoms. The van der Waals surface area contributed by atoms with Crippen LogP contribution >= 0.6 is 11.8 Å². The van der Waals surface area contributed by atoms with Gasteiger partial charge in [0.1, 0.15) is 5.75 Å². The predicted molar refractivity (Wildman–Crippen MR) is 123 cm³/mol. The van der Waals surface area contributed by atoms with Crippen molar-refractivity contribution in [3.8, 4) is 5.75 Å². The Morgan fingerprint density at radius 3 is 2.40 bits per heavy atom. The molecule has 1 aliphatic rings. The lowest BCUT2D eigenvalue weighted by Crippen LogP contribution is -2.46. The van der Waals surface area contributed by atoms with Crippen LogP contribution in [0.15, 0.2) is 29.2 Å². The Kier molecular flexibility index (Phi) is 9.49. The molecule has 1 fully saturated rings. The van der Waals surface area contributed by atoms with E-state index in [-0.39, 0.29) is 23.1 Å². The molecule has 0 atom stereocenters. The lowest BCUT2D eigenvalue weighted by Gasteiger charge is -2.33. The van der Waals surface area contributed by atoms with Gasteiger partial charge in [0.15, 0.2) is 0 Å². The van der Waals surface area contributed by atoms with Crippen LogP contribution in [-0.4, -0.2) is 74.2 Å². The maximum atomic E-state index is 12.6. The molecule has 1 N–H and O–H groups in total. The molecular weight excluding hydrogens is 398 g/mol. The molecule has 1 aromatic rings. The van der Waals surface area contributed by atoms with Crippen molar-refractivity contribution in [2.24, 2.45) is 11.3 Å². The predicted octanol–water partition coefficient (Wildman–Crippen LogP) is 3.12. The summed E-state index contributed by atoms with van der Waals surface area (Å²) in [7, 11) is 4.09. The lowest BCUT2D eigenvalue weighted by molar-refractivity contribution is -0.133. The summed E-state index contributed by atoms with van der Waals surface area (Å²) < 4.78 is 5.44. The molecule has 2 amide bonds. The first kappa shape index (κ1) is 24.5. The fourth-order valence-electron chi connectivity index (χ4n) is 3.81. The number of nitrogens with zero attached hydrogens (tertiary/aromatic N) is 2. The second kappa shape index (κ2) is 11.6. The number of rotatable bonds is 10. The molecular formula is C23H37N3O3S. The number of carbonyl (C=O) groups is 2. The first-order valence-electron chi connectivity index (χ1n) is 10.8. The fourth-order valence-corrected chi connectivity index (χ4v) is 4.61. The maximum absolute atomic E-state index is 12.6. The molecule has 0 radical (unpaired) electrons. The number of carbonyl (C=O) groups excluding carboxylic acids is 2. The zero-order chi connectivity index (χ0) is 22.1. The van der Waals surface area contributed by atoms with Gasteiger partial charge in [0.2, 0.25) is 11.8 Å². The van der Waals surface area contributed by atoms with E-state index in [1.807, 2.05) is 50.2 Å². The van der Waals surface area contributed by atoms with Crippen molar-refractivity contribution in [1.29, 1.82) is 0 Å². The van der Waals surface area contributed by atoms with Gasteiger partial charge < -0.3 is 19.9 Å². The average molecular weight is 436 g/mol. The Bertz CT molecular complexity index is 683. The molecule has 0 aliphatic carbocycles. The van der Waals surface area contributed by atoms with E-state index in [2.05, 4.69) is 24.1 Å². The topological polar surface area (TPSA) is 61.9 Å². The normalized spacial score (nSPS) is 15.3. The summed E-state index contributed by atoms with van der Waals surface area (Å²) in [5.74, 6) is 1.53. The molecule has 1 heterocycles. The Morgan fingerprint density at radius 2 is 1.83 bits per heavy atom. The highest BCUT2D eigenvalue weighted by molar-refractivity contribution is 8.00. The number of hydrogen-bond donors (Lipinski definition) is 1. The van der Waals surface area contributed by atoms with Gasteiger partial charge in [0, 0.05) is 37.0 Å². The van der Waals surface area contributed by atoms with Gasteiger partial charge in [-0.1, -0.05) is 13.8 Å². The van der Waals surface area contributed by atoms with Crippen molar-refractivity contribution in [2.75, 3.05) is 52.6 Å². The van der Waals surface area contributed by atoms with E-state index in [4.69, 9.17) is 4.74 Å². The summed E-state index contributed by atoms with van der Waals surface area (Å²) in [6, 6.07) is 7.83. The monoisotopic (exact) mass is 435 g/mol. The molecule has 0 unspecified atom stereocenters. The number of likely N-dealkylation sites (tertiary alicyclic amines) is 1. The van der Waals surface area contributed by atoms with Gasteiger partial charge in [-0.15, -0.1) is 11.8 Å². The number of nitrogens with one attached hydrogen (secondary N) is 1. The van der Waals surface area contributed by atoms with E-state index in [0.29, 0.717) is 32.0 Å². The smallest absolute Gasteiger partial charge is 0.232 e. The van der Waals surface area contributed by atoms with Crippen LogP contribution in [0.3, 0.4) is 0 Å². The van der Waals surface area contributed by atoms with Gasteiger partial charge in [-0.2, -0.15) is 0 Å². The molecule has 2 rings (SSSR count). The van der Waals surface area contributed by atoms with Gasteiger partial charge in [0.05, 0.1) is 12.4 Å². The number of ether oxygens (including phenoxy) is 1. The van der Waals surface area contributed by atoms with E-state index in [1.54, 1.807) is 11.8 Å². The second-order valence-corrected chi connectivity index (χ2v) is 10.0. The largest absolute Gasteiger partial charge is 0.494 e. The fraction of sp³-hybridized carbons (Fsp3) is 0.652. The van der Waals surface area contributed by atoms with Crippen LogP contribution in [0.25, 0.3) is 0 Å². The van der Waals surface area contributed by atoms with E-state index >= 15 is 0 Å². The summed E-state index contributed by atoms with van der Waals surface area (Å²) in [5, 5.41) is 3.12. The van der Waals surface area contributed by atoms with Crippen molar-refractivity contribution >= 4 is 23.6 Å². The van der Waals surface area contributed by atoms with Crippen molar-refractivity contribution in [3.05, 3.63) is 24.3 Å². The SMILES string of the molecule is CCOc1ccc(SCC(=O)N2CCC(C(=O)NCC(C)(C)CN(C)C)CC2)cc1. The third kappa shape index (κ3) is 8.19. The van der Waals surface area contributed by atoms with Crippen molar-refractivity contribution in [3.63, 3.8) is 0 Å². The molecule has 0 bridgehead atoms. The van der Waals surface area contributed by atoms with Crippen LogP contribution < -0.4 is 10.1 Å². The van der Waals surface area contributed by atoms with E-state index in [9.17, 15) is 9.59 Å². The minimum Gasteiger partial charge on any atom is -0.494 e. The van der Waals surface area contributed by atoms with Gasteiger partial charge in [-0.05, 0) is 63.5 Å². The minimum atomic E-state index is 0.00275. The molecule has 168 valence electrons. The van der Waals surface area contributed by atoms with Gasteiger partial charge in [-0.25, -0.2) is 0 Å². The van der Waals surface area contributed by atoms with Crippen molar-refractivity contribution in [1.82, 2.24) is 15.1 Å². The first-order valence-corrected chi connectivity index (χ1v) is 11.7. The maximum Gasteiger partial charge on any atom is 0.232 e. The summed E-state index contributed by atoms with van der Waals surface area (Å²) in [5.41, 5.74) is 0.0356. The molecule has 30 heavy (non-hydrogen) atoms. The summed E-state index contributed by atoms with van der Waals surface area (Å²) >= 11 is 1.54. The standard InChI is InChI=1S/C23H37N3O3S/c1-6-29-19-7-9-20(10-8-19)30-15-21(27)26-13-11-18(12-14-26)22(28)24-16-23(2,3)17-25(4)5/h7-10,18H,6,11-17H2,1-5H3,(H,24,28). The number of piperidine rings is 1. The molecule has 1 saturated heterocycles. The molecule has 1 aromatic carbocycles. The lowest BCUT2D eigenvalue weighted by atomic mass is 9.91. The summed E-state index contributed by atoms with van der Waals surface area (Å²) in [4.78, 5) is 30.2. The molecule has 0 spiro atoms. The minimum absolute atomic E-state index is 0.00275. The number of thioether (sulfide) groups is 1. The van der Waals surface area contributed by atoms with Gasteiger partial charge in [0.25, 0.3) is 0 Å². The van der Waals surface area contributed by atoms with E-state index in [1.165, 1.54) is 0 Å². The van der Waals surface area contributed by atoms with Crippen molar-refractivity contribution in [2.45, 2.75) is 38.5 Å². The summed E-state index contributed by atoms with van der Waals surface area (Å²) in [6.45, 7) is 9.83. The quantitative estimate of drug-likeness (QED) is 0.572. The van der Waals surface area contributed by atoms with E-state index < -0.39 is 0 Å². The zero-order valence-electron chi connectivity index (χ0n) is 19.1. The number of benzene rings is 1. The Morgan fingerprint density at radius 1 is 1.20 bits per heavy atom. The van der Waals surface area contributed by atoms with Crippen LogP contribution in [0.4, 0.5) is 0 Å². The first-order chi connectivity index (χ1) is 14.2. The van der Waals surface area contributed by atoms with Crippen LogP contribution in [0.1, 0.15) is 33.6 Å². The molecule has 0 saturated carbocycles. The van der Waals surface area contributed by atoms with E-state index in [0.717, 1.165) is 30.0 Å². The van der Waals surface area contributed by atoms with Crippen molar-refractivity contribution < 1.29 is 14.3 Å². The Labute approximate surface area is 185 Å². The average Bonchev–Trinajstić information content (AvgIpc) is 2.71. The van der Waals surface area contributed by atoms with Crippen LogP contribution in [0.5, 0.6) is 5.75 Å². The van der Waals surface area contributed by atoms with Crippen LogP contribution in [-0.2, 0) is 9.59 Å². The van der Waals surface area contributed by atoms with Crippen LogP contribution in [0, 0.1) is 11.3 Å². The highest BCUT2D eigenvalue weighted by Crippen LogP contribution is 2.24. The molecule has 0 aromatic heterocycles. The van der Waals surface area contributed by atoms with Gasteiger partial charge in [-0.3, -0.25) is 9.59 Å².